The van der Waals surface area contributed by atoms with Crippen molar-refractivity contribution in [2.75, 3.05) is 32.5 Å². The Balaban J connectivity index is 0.000000406. The van der Waals surface area contributed by atoms with Crippen molar-refractivity contribution >= 4 is 29.6 Å². The lowest BCUT2D eigenvalue weighted by atomic mass is 10.1. The molecule has 8 heteroatoms. The van der Waals surface area contributed by atoms with Crippen LogP contribution >= 0.6 is 0 Å². The Labute approximate surface area is 196 Å². The van der Waals surface area contributed by atoms with E-state index in [9.17, 15) is 24.4 Å². The molecule has 1 heterocycles. The highest BCUT2D eigenvalue weighted by atomic mass is 16.2. The molecule has 1 saturated heterocycles. The number of nitrogens with one attached hydrogen (secondary N) is 1. The van der Waals surface area contributed by atoms with Gasteiger partial charge < -0.3 is 15.1 Å². The van der Waals surface area contributed by atoms with Crippen LogP contribution in [0, 0.1) is 29.1 Å². The molecular formula is C25H36N4O4. The van der Waals surface area contributed by atoms with Gasteiger partial charge in [-0.05, 0) is 51.4 Å². The van der Waals surface area contributed by atoms with Crippen LogP contribution in [0.25, 0.3) is 0 Å². The van der Waals surface area contributed by atoms with Gasteiger partial charge in [0, 0.05) is 18.2 Å². The molecule has 2 atom stereocenters. The number of para-hydroxylation sites is 1. The number of hydrogen-bond acceptors (Lipinski definition) is 6. The molecule has 2 amide bonds. The Hall–Kier alpha value is -3.05. The minimum atomic E-state index is -0.529. The van der Waals surface area contributed by atoms with Gasteiger partial charge in [-0.15, -0.1) is 0 Å². The molecule has 1 aliphatic carbocycles. The second-order valence-electron chi connectivity index (χ2n) is 9.24. The molecule has 2 unspecified atom stereocenters. The molecule has 0 radical (unpaired) electrons. The van der Waals surface area contributed by atoms with Gasteiger partial charge in [-0.1, -0.05) is 39.0 Å². The number of carbonyl (C=O) groups is 4. The number of rotatable bonds is 6. The summed E-state index contributed by atoms with van der Waals surface area (Å²) in [7, 11) is 3.60. The van der Waals surface area contributed by atoms with Crippen molar-refractivity contribution in [1.29, 1.82) is 5.26 Å². The first-order valence-corrected chi connectivity index (χ1v) is 11.3. The van der Waals surface area contributed by atoms with Crippen LogP contribution in [0.5, 0.6) is 0 Å². The number of aldehydes is 1. The van der Waals surface area contributed by atoms with Gasteiger partial charge in [-0.25, -0.2) is 0 Å². The Morgan fingerprint density at radius 3 is 2.15 bits per heavy atom. The Morgan fingerprint density at radius 1 is 1.15 bits per heavy atom. The van der Waals surface area contributed by atoms with E-state index in [1.54, 1.807) is 19.0 Å². The van der Waals surface area contributed by atoms with Gasteiger partial charge in [-0.2, -0.15) is 5.26 Å². The van der Waals surface area contributed by atoms with E-state index >= 15 is 0 Å². The van der Waals surface area contributed by atoms with Crippen LogP contribution in [-0.2, 0) is 19.2 Å². The first-order chi connectivity index (χ1) is 15.6. The smallest absolute Gasteiger partial charge is 0.237 e. The number of likely N-dealkylation sites (N-methyl/N-ethyl adjacent to an activating group) is 1. The normalized spacial score (nSPS) is 18.9. The monoisotopic (exact) mass is 456 g/mol. The predicted octanol–water partition coefficient (Wildman–Crippen LogP) is 2.75. The van der Waals surface area contributed by atoms with Crippen LogP contribution in [0.3, 0.4) is 0 Å². The molecule has 1 N–H and O–H groups in total. The van der Waals surface area contributed by atoms with Gasteiger partial charge in [0.25, 0.3) is 0 Å². The van der Waals surface area contributed by atoms with E-state index in [0.29, 0.717) is 19.3 Å². The molecular weight excluding hydrogens is 420 g/mol. The third-order valence-electron chi connectivity index (χ3n) is 4.73. The lowest BCUT2D eigenvalue weighted by Gasteiger charge is -2.21. The third kappa shape index (κ3) is 10.9. The highest BCUT2D eigenvalue weighted by Crippen LogP contribution is 2.28. The summed E-state index contributed by atoms with van der Waals surface area (Å²) in [6.07, 6.45) is 2.65. The van der Waals surface area contributed by atoms with E-state index in [-0.39, 0.29) is 36.0 Å². The largest absolute Gasteiger partial charge is 0.326 e. The third-order valence-corrected chi connectivity index (χ3v) is 4.73. The Kier molecular flexibility index (Phi) is 12.0. The lowest BCUT2D eigenvalue weighted by molar-refractivity contribution is -0.132. The van der Waals surface area contributed by atoms with Gasteiger partial charge in [0.05, 0.1) is 18.5 Å². The SMILES string of the molecule is CC(C)C.CN(C)CC(=O)N1CC(C(=O)Nc2ccccc2)CC1C#N.O=CC(=O)C1CC1. The minimum absolute atomic E-state index is 0.109. The summed E-state index contributed by atoms with van der Waals surface area (Å²) in [4.78, 5) is 47.6. The van der Waals surface area contributed by atoms with Crippen molar-refractivity contribution in [3.8, 4) is 6.07 Å². The first kappa shape index (κ1) is 28.0. The number of nitrogens with zero attached hydrogens (tertiary/aromatic N) is 3. The van der Waals surface area contributed by atoms with Crippen molar-refractivity contribution in [2.45, 2.75) is 46.1 Å². The van der Waals surface area contributed by atoms with Gasteiger partial charge >= 0.3 is 0 Å². The number of carbonyl (C=O) groups excluding carboxylic acids is 4. The molecule has 1 saturated carbocycles. The second-order valence-corrected chi connectivity index (χ2v) is 9.24. The number of ketones is 1. The van der Waals surface area contributed by atoms with Crippen molar-refractivity contribution in [3.05, 3.63) is 30.3 Å². The summed E-state index contributed by atoms with van der Waals surface area (Å²) < 4.78 is 0. The highest BCUT2D eigenvalue weighted by molar-refractivity contribution is 6.26. The molecule has 2 aliphatic rings. The topological polar surface area (TPSA) is 111 Å². The zero-order valence-corrected chi connectivity index (χ0v) is 20.3. The fraction of sp³-hybridized carbons (Fsp3) is 0.560. The maximum Gasteiger partial charge on any atom is 0.237 e. The first-order valence-electron chi connectivity index (χ1n) is 11.3. The van der Waals surface area contributed by atoms with Gasteiger partial charge in [-0.3, -0.25) is 19.2 Å². The van der Waals surface area contributed by atoms with Crippen molar-refractivity contribution < 1.29 is 19.2 Å². The summed E-state index contributed by atoms with van der Waals surface area (Å²) in [5.41, 5.74) is 0.721. The zero-order chi connectivity index (χ0) is 25.0. The average molecular weight is 457 g/mol. The molecule has 0 aromatic heterocycles. The number of amides is 2. The van der Waals surface area contributed by atoms with E-state index < -0.39 is 6.04 Å². The highest BCUT2D eigenvalue weighted by Gasteiger charge is 2.38. The summed E-state index contributed by atoms with van der Waals surface area (Å²) in [6.45, 7) is 7.04. The standard InChI is InChI=1S/C16H20N4O2.C5H6O2.C4H10/c1-19(2)11-15(21)20-10-12(8-14(20)9-17)16(22)18-13-6-4-3-5-7-13;6-3-5(7)4-1-2-4;1-4(2)3/h3-7,12,14H,8,10-11H2,1-2H3,(H,18,22);3-4H,1-2H2;4H,1-3H3. The second kappa shape index (κ2) is 14.2. The van der Waals surface area contributed by atoms with E-state index in [1.807, 2.05) is 30.3 Å². The summed E-state index contributed by atoms with van der Waals surface area (Å²) >= 11 is 0. The average Bonchev–Trinajstić information content (AvgIpc) is 3.51. The van der Waals surface area contributed by atoms with Crippen LogP contribution in [-0.4, -0.2) is 66.9 Å². The fourth-order valence-corrected chi connectivity index (χ4v) is 3.02. The Morgan fingerprint density at radius 2 is 1.73 bits per heavy atom. The quantitative estimate of drug-likeness (QED) is 0.521. The molecule has 0 bridgehead atoms. The van der Waals surface area contributed by atoms with Gasteiger partial charge in [0.1, 0.15) is 6.04 Å². The summed E-state index contributed by atoms with van der Waals surface area (Å²) in [5.74, 6) is 0.103. The molecule has 8 nitrogen and oxygen atoms in total. The number of benzene rings is 1. The number of Topliss-reactive ketones (excluding diaryl/α,β-unsaturated/α-hetero) is 1. The van der Waals surface area contributed by atoms with Crippen LogP contribution in [0.15, 0.2) is 30.3 Å². The summed E-state index contributed by atoms with van der Waals surface area (Å²) in [6, 6.07) is 10.8. The van der Waals surface area contributed by atoms with Crippen molar-refractivity contribution in [2.24, 2.45) is 17.8 Å². The molecule has 2 fully saturated rings. The fourth-order valence-electron chi connectivity index (χ4n) is 3.02. The number of anilines is 1. The molecule has 0 spiro atoms. The van der Waals surface area contributed by atoms with Crippen LogP contribution in [0.4, 0.5) is 5.69 Å². The van der Waals surface area contributed by atoms with Crippen molar-refractivity contribution in [1.82, 2.24) is 9.80 Å². The van der Waals surface area contributed by atoms with E-state index in [4.69, 9.17) is 0 Å². The van der Waals surface area contributed by atoms with Crippen LogP contribution < -0.4 is 5.32 Å². The van der Waals surface area contributed by atoms with E-state index in [2.05, 4.69) is 32.2 Å². The maximum atomic E-state index is 12.3. The zero-order valence-electron chi connectivity index (χ0n) is 20.3. The van der Waals surface area contributed by atoms with Crippen LogP contribution in [0.2, 0.25) is 0 Å². The lowest BCUT2D eigenvalue weighted by Crippen LogP contribution is -2.40. The molecule has 1 aliphatic heterocycles. The van der Waals surface area contributed by atoms with E-state index in [0.717, 1.165) is 24.4 Å². The minimum Gasteiger partial charge on any atom is -0.326 e. The number of hydrogen-bond donors (Lipinski definition) is 1. The van der Waals surface area contributed by atoms with Gasteiger partial charge in [0.2, 0.25) is 11.8 Å². The van der Waals surface area contributed by atoms with Gasteiger partial charge in [0.15, 0.2) is 12.1 Å². The molecule has 33 heavy (non-hydrogen) atoms. The Bertz CT molecular complexity index is 826. The van der Waals surface area contributed by atoms with Crippen molar-refractivity contribution in [3.63, 3.8) is 0 Å². The molecule has 3 rings (SSSR count). The predicted molar refractivity (Wildman–Crippen MR) is 127 cm³/mol. The number of nitriles is 1. The van der Waals surface area contributed by atoms with Crippen LogP contribution in [0.1, 0.15) is 40.0 Å². The number of likely N-dealkylation sites (tertiary alicyclic amines) is 1. The molecule has 180 valence electrons. The maximum absolute atomic E-state index is 12.3. The molecule has 1 aromatic carbocycles. The molecule has 1 aromatic rings. The van der Waals surface area contributed by atoms with E-state index in [1.165, 1.54) is 4.90 Å². The summed E-state index contributed by atoms with van der Waals surface area (Å²) in [5, 5.41) is 12.1.